The molecule has 2 aromatic rings. The van der Waals surface area contributed by atoms with Gasteiger partial charge in [-0.15, -0.1) is 0 Å². The molecule has 140 valence electrons. The summed E-state index contributed by atoms with van der Waals surface area (Å²) in [7, 11) is -0.905. The molecule has 1 saturated heterocycles. The Balaban J connectivity index is 1.46. The number of benzene rings is 1. The fraction of sp³-hybridized carbons (Fsp3) is 0.529. The van der Waals surface area contributed by atoms with E-state index in [1.165, 1.54) is 6.33 Å². The minimum Gasteiger partial charge on any atom is -0.486 e. The van der Waals surface area contributed by atoms with Crippen LogP contribution in [-0.4, -0.2) is 72.4 Å². The van der Waals surface area contributed by atoms with Gasteiger partial charge in [0.05, 0.1) is 17.2 Å². The molecule has 0 saturated carbocycles. The predicted molar refractivity (Wildman–Crippen MR) is 95.7 cm³/mol. The Hall–Kier alpha value is -2.13. The fourth-order valence-electron chi connectivity index (χ4n) is 3.40. The molecule has 1 aromatic carbocycles. The van der Waals surface area contributed by atoms with E-state index >= 15 is 0 Å². The Kier molecular flexibility index (Phi) is 4.58. The summed E-state index contributed by atoms with van der Waals surface area (Å²) in [5.41, 5.74) is 0.868. The SMILES string of the molecule is CN(CCc1ncnn1-c1ccc2c(c1)OCCO2)[C@@H]1CCS(=O)(=O)C1. The third-order valence-electron chi connectivity index (χ3n) is 4.91. The molecule has 1 atom stereocenters. The van der Waals surface area contributed by atoms with Crippen LogP contribution in [0.1, 0.15) is 12.2 Å². The van der Waals surface area contributed by atoms with Gasteiger partial charge < -0.3 is 14.4 Å². The van der Waals surface area contributed by atoms with Gasteiger partial charge >= 0.3 is 0 Å². The normalized spacial score (nSPS) is 21.2. The summed E-state index contributed by atoms with van der Waals surface area (Å²) in [4.78, 5) is 6.47. The first-order chi connectivity index (χ1) is 12.5. The number of fused-ring (bicyclic) bond motifs is 1. The minimum atomic E-state index is -2.87. The maximum atomic E-state index is 11.7. The van der Waals surface area contributed by atoms with E-state index in [-0.39, 0.29) is 17.5 Å². The second kappa shape index (κ2) is 6.88. The molecule has 0 spiro atoms. The van der Waals surface area contributed by atoms with Gasteiger partial charge in [-0.1, -0.05) is 0 Å². The molecule has 26 heavy (non-hydrogen) atoms. The van der Waals surface area contributed by atoms with E-state index in [1.807, 2.05) is 25.2 Å². The monoisotopic (exact) mass is 378 g/mol. The zero-order chi connectivity index (χ0) is 18.1. The van der Waals surface area contributed by atoms with Crippen molar-refractivity contribution >= 4 is 9.84 Å². The number of likely N-dealkylation sites (N-methyl/N-ethyl adjacent to an activating group) is 1. The molecule has 1 fully saturated rings. The highest BCUT2D eigenvalue weighted by molar-refractivity contribution is 7.91. The number of sulfone groups is 1. The standard InChI is InChI=1S/C17H22N4O4S/c1-20(14-5-9-26(22,23)11-14)6-4-17-18-12-19-21(17)13-2-3-15-16(10-13)25-8-7-24-15/h2-3,10,12,14H,4-9,11H2,1H3/t14-/m1/s1. The summed E-state index contributed by atoms with van der Waals surface area (Å²) in [6, 6.07) is 5.80. The number of nitrogens with zero attached hydrogens (tertiary/aromatic N) is 4. The Morgan fingerprint density at radius 1 is 1.27 bits per heavy atom. The van der Waals surface area contributed by atoms with Crippen LogP contribution in [0, 0.1) is 0 Å². The fourth-order valence-corrected chi connectivity index (χ4v) is 5.20. The van der Waals surface area contributed by atoms with E-state index in [9.17, 15) is 8.42 Å². The van der Waals surface area contributed by atoms with Gasteiger partial charge in [0.15, 0.2) is 21.3 Å². The summed E-state index contributed by atoms with van der Waals surface area (Å²) in [5.74, 6) is 2.81. The van der Waals surface area contributed by atoms with Crippen molar-refractivity contribution in [3.05, 3.63) is 30.4 Å². The second-order valence-electron chi connectivity index (χ2n) is 6.70. The first kappa shape index (κ1) is 17.3. The van der Waals surface area contributed by atoms with Gasteiger partial charge in [0, 0.05) is 25.1 Å². The molecule has 0 bridgehead atoms. The molecule has 2 aliphatic rings. The van der Waals surface area contributed by atoms with Crippen LogP contribution in [0.5, 0.6) is 11.5 Å². The number of ether oxygens (including phenoxy) is 2. The minimum absolute atomic E-state index is 0.0886. The number of rotatable bonds is 5. The van der Waals surface area contributed by atoms with Crippen molar-refractivity contribution in [2.45, 2.75) is 18.9 Å². The molecule has 0 radical (unpaired) electrons. The summed E-state index contributed by atoms with van der Waals surface area (Å²) < 4.78 is 36.3. The van der Waals surface area contributed by atoms with E-state index in [0.717, 1.165) is 23.8 Å². The molecule has 9 heteroatoms. The molecule has 4 rings (SSSR count). The lowest BCUT2D eigenvalue weighted by Crippen LogP contribution is -2.34. The zero-order valence-electron chi connectivity index (χ0n) is 14.7. The maximum Gasteiger partial charge on any atom is 0.163 e. The maximum absolute atomic E-state index is 11.7. The third-order valence-corrected chi connectivity index (χ3v) is 6.66. The van der Waals surface area contributed by atoms with Gasteiger partial charge in [-0.3, -0.25) is 0 Å². The number of hydrogen-bond donors (Lipinski definition) is 0. The van der Waals surface area contributed by atoms with E-state index in [1.54, 1.807) is 4.68 Å². The quantitative estimate of drug-likeness (QED) is 0.757. The lowest BCUT2D eigenvalue weighted by molar-refractivity contribution is 0.171. The largest absolute Gasteiger partial charge is 0.486 e. The highest BCUT2D eigenvalue weighted by Crippen LogP contribution is 2.32. The summed E-state index contributed by atoms with van der Waals surface area (Å²) in [5, 5.41) is 4.33. The number of aromatic nitrogens is 3. The van der Waals surface area contributed by atoms with Crippen molar-refractivity contribution in [1.29, 1.82) is 0 Å². The summed E-state index contributed by atoms with van der Waals surface area (Å²) in [6.07, 6.45) is 2.92. The summed E-state index contributed by atoms with van der Waals surface area (Å²) in [6.45, 7) is 1.82. The lowest BCUT2D eigenvalue weighted by atomic mass is 10.2. The van der Waals surface area contributed by atoms with Crippen LogP contribution in [0.3, 0.4) is 0 Å². The van der Waals surface area contributed by atoms with E-state index in [2.05, 4.69) is 15.0 Å². The van der Waals surface area contributed by atoms with Gasteiger partial charge in [-0.25, -0.2) is 18.1 Å². The van der Waals surface area contributed by atoms with Crippen LogP contribution in [-0.2, 0) is 16.3 Å². The average Bonchev–Trinajstić information content (AvgIpc) is 3.25. The predicted octanol–water partition coefficient (Wildman–Crippen LogP) is 0.700. The molecule has 1 aromatic heterocycles. The van der Waals surface area contributed by atoms with Crippen molar-refractivity contribution in [3.63, 3.8) is 0 Å². The van der Waals surface area contributed by atoms with Crippen molar-refractivity contribution < 1.29 is 17.9 Å². The Bertz CT molecular complexity index is 896. The molecular formula is C17H22N4O4S. The molecule has 3 heterocycles. The van der Waals surface area contributed by atoms with Crippen molar-refractivity contribution in [3.8, 4) is 17.2 Å². The zero-order valence-corrected chi connectivity index (χ0v) is 15.5. The smallest absolute Gasteiger partial charge is 0.163 e. The molecule has 0 N–H and O–H groups in total. The highest BCUT2D eigenvalue weighted by Gasteiger charge is 2.30. The van der Waals surface area contributed by atoms with Gasteiger partial charge in [0.1, 0.15) is 25.4 Å². The average molecular weight is 378 g/mol. The van der Waals surface area contributed by atoms with Crippen LogP contribution in [0.25, 0.3) is 5.69 Å². The molecule has 0 amide bonds. The Labute approximate surface area is 152 Å². The van der Waals surface area contributed by atoms with Gasteiger partial charge in [-0.05, 0) is 25.6 Å². The van der Waals surface area contributed by atoms with Crippen LogP contribution in [0.15, 0.2) is 24.5 Å². The Morgan fingerprint density at radius 3 is 2.85 bits per heavy atom. The highest BCUT2D eigenvalue weighted by atomic mass is 32.2. The van der Waals surface area contributed by atoms with Crippen molar-refractivity contribution in [2.75, 3.05) is 38.3 Å². The van der Waals surface area contributed by atoms with Gasteiger partial charge in [0.25, 0.3) is 0 Å². The van der Waals surface area contributed by atoms with Crippen LogP contribution in [0.2, 0.25) is 0 Å². The first-order valence-electron chi connectivity index (χ1n) is 8.71. The van der Waals surface area contributed by atoms with Crippen LogP contribution in [0.4, 0.5) is 0 Å². The molecule has 0 unspecified atom stereocenters. The van der Waals surface area contributed by atoms with Gasteiger partial charge in [0.2, 0.25) is 0 Å². The molecule has 2 aliphatic heterocycles. The summed E-state index contributed by atoms with van der Waals surface area (Å²) >= 11 is 0. The Morgan fingerprint density at radius 2 is 2.08 bits per heavy atom. The van der Waals surface area contributed by atoms with Gasteiger partial charge in [-0.2, -0.15) is 5.10 Å². The van der Waals surface area contributed by atoms with E-state index in [4.69, 9.17) is 9.47 Å². The first-order valence-corrected chi connectivity index (χ1v) is 10.5. The van der Waals surface area contributed by atoms with E-state index in [0.29, 0.717) is 31.8 Å². The van der Waals surface area contributed by atoms with Crippen LogP contribution < -0.4 is 9.47 Å². The number of hydrogen-bond acceptors (Lipinski definition) is 7. The molecule has 0 aliphatic carbocycles. The van der Waals surface area contributed by atoms with Crippen LogP contribution >= 0.6 is 0 Å². The van der Waals surface area contributed by atoms with E-state index < -0.39 is 9.84 Å². The van der Waals surface area contributed by atoms with Crippen molar-refractivity contribution in [2.24, 2.45) is 0 Å². The third kappa shape index (κ3) is 3.54. The topological polar surface area (TPSA) is 86.6 Å². The van der Waals surface area contributed by atoms with Crippen molar-refractivity contribution in [1.82, 2.24) is 19.7 Å². The lowest BCUT2D eigenvalue weighted by Gasteiger charge is -2.23. The second-order valence-corrected chi connectivity index (χ2v) is 8.93. The molecular weight excluding hydrogens is 356 g/mol. The molecule has 8 nitrogen and oxygen atoms in total.